The lowest BCUT2D eigenvalue weighted by Crippen LogP contribution is -2.43. The van der Waals surface area contributed by atoms with Crippen LogP contribution in [0.1, 0.15) is 25.8 Å². The summed E-state index contributed by atoms with van der Waals surface area (Å²) in [6.07, 6.45) is 0.0416. The van der Waals surface area contributed by atoms with Gasteiger partial charge in [-0.15, -0.1) is 0 Å². The molecule has 0 aliphatic rings. The van der Waals surface area contributed by atoms with Gasteiger partial charge in [-0.25, -0.2) is 13.6 Å². The van der Waals surface area contributed by atoms with Crippen LogP contribution in [0.15, 0.2) is 27.8 Å². The number of nitrogens with one attached hydrogen (secondary N) is 1. The number of anilines is 2. The number of hydrogen-bond donors (Lipinski definition) is 2. The van der Waals surface area contributed by atoms with E-state index >= 15 is 0 Å². The molecule has 1 aromatic carbocycles. The van der Waals surface area contributed by atoms with E-state index in [9.17, 15) is 23.2 Å². The van der Waals surface area contributed by atoms with Crippen molar-refractivity contribution in [2.45, 2.75) is 33.2 Å². The fraction of sp³-hybridized carbons (Fsp3) is 0.450. The van der Waals surface area contributed by atoms with Gasteiger partial charge in [-0.3, -0.25) is 19.1 Å². The standard InChI is InChI=1S/C20H26F2N4O4/c1-12(2)11-26-18(23)17(19(28)24-20(26)29)25(8-9-30-3)16(27)7-5-13-4-6-14(21)15(22)10-13/h4,6,10,12H,5,7-9,11,23H2,1-3H3,(H,24,28,29). The molecule has 0 radical (unpaired) electrons. The van der Waals surface area contributed by atoms with Crippen LogP contribution in [0.25, 0.3) is 0 Å². The number of methoxy groups -OCH3 is 1. The maximum absolute atomic E-state index is 13.4. The summed E-state index contributed by atoms with van der Waals surface area (Å²) in [6.45, 7) is 4.17. The number of nitrogen functional groups attached to an aromatic ring is 1. The number of aromatic nitrogens is 2. The molecule has 1 aromatic heterocycles. The molecule has 10 heteroatoms. The second-order valence-electron chi connectivity index (χ2n) is 7.28. The molecule has 0 bridgehead atoms. The van der Waals surface area contributed by atoms with Crippen molar-refractivity contribution in [3.05, 3.63) is 56.2 Å². The Hall–Kier alpha value is -3.01. The number of aromatic amines is 1. The van der Waals surface area contributed by atoms with Crippen molar-refractivity contribution in [3.63, 3.8) is 0 Å². The third-order valence-corrected chi connectivity index (χ3v) is 4.46. The molecule has 30 heavy (non-hydrogen) atoms. The number of nitrogens with zero attached hydrogens (tertiary/aromatic N) is 2. The minimum Gasteiger partial charge on any atom is -0.383 e. The minimum atomic E-state index is -1.00. The Balaban J connectivity index is 2.36. The summed E-state index contributed by atoms with van der Waals surface area (Å²) in [5.41, 5.74) is 4.96. The predicted octanol–water partition coefficient (Wildman–Crippen LogP) is 1.67. The second-order valence-corrected chi connectivity index (χ2v) is 7.28. The maximum Gasteiger partial charge on any atom is 0.330 e. The highest BCUT2D eigenvalue weighted by atomic mass is 19.2. The third kappa shape index (κ3) is 5.53. The summed E-state index contributed by atoms with van der Waals surface area (Å²) in [7, 11) is 1.44. The van der Waals surface area contributed by atoms with Crippen LogP contribution >= 0.6 is 0 Å². The fourth-order valence-electron chi connectivity index (χ4n) is 3.01. The number of ether oxygens (including phenoxy) is 1. The van der Waals surface area contributed by atoms with Crippen LogP contribution in [0.2, 0.25) is 0 Å². The van der Waals surface area contributed by atoms with Crippen molar-refractivity contribution in [3.8, 4) is 0 Å². The van der Waals surface area contributed by atoms with Crippen molar-refractivity contribution in [1.29, 1.82) is 0 Å². The molecule has 2 rings (SSSR count). The molecule has 2 aromatic rings. The van der Waals surface area contributed by atoms with Crippen molar-refractivity contribution in [2.75, 3.05) is 30.9 Å². The van der Waals surface area contributed by atoms with E-state index in [1.807, 2.05) is 13.8 Å². The lowest BCUT2D eigenvalue weighted by Gasteiger charge is -2.24. The average molecular weight is 424 g/mol. The number of nitrogens with two attached hydrogens (primary N) is 1. The van der Waals surface area contributed by atoms with Gasteiger partial charge in [0.05, 0.1) is 6.61 Å². The van der Waals surface area contributed by atoms with E-state index in [0.29, 0.717) is 5.56 Å². The van der Waals surface area contributed by atoms with Gasteiger partial charge >= 0.3 is 5.69 Å². The molecule has 0 fully saturated rings. The van der Waals surface area contributed by atoms with Crippen LogP contribution in [-0.4, -0.2) is 35.7 Å². The molecule has 8 nitrogen and oxygen atoms in total. The summed E-state index contributed by atoms with van der Waals surface area (Å²) >= 11 is 0. The van der Waals surface area contributed by atoms with E-state index < -0.39 is 28.8 Å². The van der Waals surface area contributed by atoms with Crippen LogP contribution in [0.5, 0.6) is 0 Å². The fourth-order valence-corrected chi connectivity index (χ4v) is 3.01. The van der Waals surface area contributed by atoms with E-state index in [1.165, 1.54) is 17.7 Å². The van der Waals surface area contributed by atoms with E-state index in [1.54, 1.807) is 0 Å². The SMILES string of the molecule is COCCN(C(=O)CCc1ccc(F)c(F)c1)c1c(N)n(CC(C)C)c(=O)[nH]c1=O. The first-order valence-corrected chi connectivity index (χ1v) is 9.51. The normalized spacial score (nSPS) is 11.1. The molecule has 0 aliphatic carbocycles. The molecule has 0 spiro atoms. The highest BCUT2D eigenvalue weighted by Crippen LogP contribution is 2.19. The first-order chi connectivity index (χ1) is 14.1. The number of rotatable bonds is 9. The molecule has 0 aliphatic heterocycles. The summed E-state index contributed by atoms with van der Waals surface area (Å²) in [5, 5.41) is 0. The first kappa shape index (κ1) is 23.3. The summed E-state index contributed by atoms with van der Waals surface area (Å²) in [4.78, 5) is 40.9. The van der Waals surface area contributed by atoms with E-state index in [2.05, 4.69) is 4.98 Å². The minimum absolute atomic E-state index is 0.0281. The van der Waals surface area contributed by atoms with Crippen LogP contribution in [0.4, 0.5) is 20.3 Å². The molecular formula is C20H26F2N4O4. The molecule has 0 saturated heterocycles. The average Bonchev–Trinajstić information content (AvgIpc) is 2.68. The lowest BCUT2D eigenvalue weighted by molar-refractivity contribution is -0.118. The number of benzene rings is 1. The topological polar surface area (TPSA) is 110 Å². The Morgan fingerprint density at radius 3 is 2.57 bits per heavy atom. The number of halogens is 2. The summed E-state index contributed by atoms with van der Waals surface area (Å²) in [5.74, 6) is -2.49. The van der Waals surface area contributed by atoms with Gasteiger partial charge in [0.25, 0.3) is 5.56 Å². The molecule has 0 saturated carbocycles. The van der Waals surface area contributed by atoms with Gasteiger partial charge in [0.1, 0.15) is 5.82 Å². The van der Waals surface area contributed by atoms with Crippen molar-refractivity contribution in [1.82, 2.24) is 9.55 Å². The molecule has 1 heterocycles. The van der Waals surface area contributed by atoms with Gasteiger partial charge in [0, 0.05) is 26.6 Å². The largest absolute Gasteiger partial charge is 0.383 e. The first-order valence-electron chi connectivity index (χ1n) is 9.51. The highest BCUT2D eigenvalue weighted by Gasteiger charge is 2.24. The highest BCUT2D eigenvalue weighted by molar-refractivity contribution is 5.95. The molecular weight excluding hydrogens is 398 g/mol. The van der Waals surface area contributed by atoms with Crippen LogP contribution in [0, 0.1) is 17.6 Å². The number of carbonyl (C=O) groups excluding carboxylic acids is 1. The Kier molecular flexibility index (Phi) is 7.87. The van der Waals surface area contributed by atoms with Crippen molar-refractivity contribution in [2.24, 2.45) is 5.92 Å². The Morgan fingerprint density at radius 2 is 1.97 bits per heavy atom. The van der Waals surface area contributed by atoms with Gasteiger partial charge in [0.2, 0.25) is 5.91 Å². The monoisotopic (exact) mass is 424 g/mol. The predicted molar refractivity (Wildman–Crippen MR) is 109 cm³/mol. The van der Waals surface area contributed by atoms with Crippen molar-refractivity contribution < 1.29 is 18.3 Å². The molecule has 3 N–H and O–H groups in total. The number of hydrogen-bond acceptors (Lipinski definition) is 5. The quantitative estimate of drug-likeness (QED) is 0.636. The molecule has 164 valence electrons. The number of amides is 1. The van der Waals surface area contributed by atoms with Crippen molar-refractivity contribution >= 4 is 17.4 Å². The van der Waals surface area contributed by atoms with Gasteiger partial charge in [-0.05, 0) is 30.0 Å². The van der Waals surface area contributed by atoms with Gasteiger partial charge in [-0.1, -0.05) is 19.9 Å². The van der Waals surface area contributed by atoms with E-state index in [0.717, 1.165) is 17.0 Å². The van der Waals surface area contributed by atoms with Gasteiger partial charge < -0.3 is 15.4 Å². The van der Waals surface area contributed by atoms with Crippen LogP contribution < -0.4 is 21.9 Å². The zero-order valence-corrected chi connectivity index (χ0v) is 17.2. The Morgan fingerprint density at radius 1 is 1.27 bits per heavy atom. The van der Waals surface area contributed by atoms with E-state index in [4.69, 9.17) is 10.5 Å². The molecule has 1 amide bonds. The van der Waals surface area contributed by atoms with Crippen LogP contribution in [-0.2, 0) is 22.5 Å². The smallest absolute Gasteiger partial charge is 0.330 e. The Bertz CT molecular complexity index is 1020. The summed E-state index contributed by atoms with van der Waals surface area (Å²) < 4.78 is 32.7. The Labute approximate surface area is 172 Å². The zero-order chi connectivity index (χ0) is 22.4. The molecule has 0 atom stereocenters. The number of carbonyl (C=O) groups is 1. The summed E-state index contributed by atoms with van der Waals surface area (Å²) in [6, 6.07) is 3.39. The maximum atomic E-state index is 13.4. The van der Waals surface area contributed by atoms with E-state index in [-0.39, 0.29) is 50.0 Å². The zero-order valence-electron chi connectivity index (χ0n) is 17.2. The van der Waals surface area contributed by atoms with Gasteiger partial charge in [0.15, 0.2) is 17.3 Å². The number of aryl methyl sites for hydroxylation is 1. The van der Waals surface area contributed by atoms with Gasteiger partial charge in [-0.2, -0.15) is 0 Å². The third-order valence-electron chi connectivity index (χ3n) is 4.46. The number of H-pyrrole nitrogens is 1. The molecule has 0 unspecified atom stereocenters. The lowest BCUT2D eigenvalue weighted by atomic mass is 10.1. The van der Waals surface area contributed by atoms with Crippen LogP contribution in [0.3, 0.4) is 0 Å². The second kappa shape index (κ2) is 10.1.